The summed E-state index contributed by atoms with van der Waals surface area (Å²) in [4.78, 5) is 11.5. The van der Waals surface area contributed by atoms with Gasteiger partial charge in [-0.05, 0) is 46.7 Å². The van der Waals surface area contributed by atoms with E-state index in [2.05, 4.69) is 4.74 Å². The molecule has 3 aromatic rings. The third kappa shape index (κ3) is 4.17. The number of alkyl halides is 3. The molecule has 0 saturated heterocycles. The first-order chi connectivity index (χ1) is 12.7. The van der Waals surface area contributed by atoms with Gasteiger partial charge in [0, 0.05) is 4.70 Å². The second kappa shape index (κ2) is 7.36. The van der Waals surface area contributed by atoms with Gasteiger partial charge in [0.2, 0.25) is 0 Å². The van der Waals surface area contributed by atoms with E-state index in [1.807, 2.05) is 0 Å². The second-order valence-electron chi connectivity index (χ2n) is 5.54. The number of benzene rings is 2. The standard InChI is InChI=1S/C18H11ClF4O3S/c1-25-16(24)4-9-8-27-15-3-2-11(7-12(9)15)26-17-13(19)5-10(6-14(17)20)18(21,22)23/h2-3,5-8H,4H2,1H3. The lowest BCUT2D eigenvalue weighted by Gasteiger charge is -2.12. The number of fused-ring (bicyclic) bond motifs is 1. The molecule has 2 aromatic carbocycles. The first kappa shape index (κ1) is 19.4. The zero-order chi connectivity index (χ0) is 19.8. The Morgan fingerprint density at radius 1 is 1.22 bits per heavy atom. The molecular formula is C18H11ClF4O3S. The predicted octanol–water partition coefficient (Wildman–Crippen LogP) is 6.22. The highest BCUT2D eigenvalue weighted by molar-refractivity contribution is 7.17. The van der Waals surface area contributed by atoms with Crippen molar-refractivity contribution in [2.45, 2.75) is 12.6 Å². The molecule has 9 heteroatoms. The van der Waals surface area contributed by atoms with Crippen molar-refractivity contribution < 1.29 is 31.8 Å². The highest BCUT2D eigenvalue weighted by atomic mass is 35.5. The molecule has 0 aliphatic carbocycles. The van der Waals surface area contributed by atoms with Crippen molar-refractivity contribution in [3.05, 3.63) is 57.7 Å². The lowest BCUT2D eigenvalue weighted by atomic mass is 10.1. The zero-order valence-corrected chi connectivity index (χ0v) is 15.3. The highest BCUT2D eigenvalue weighted by Crippen LogP contribution is 2.39. The summed E-state index contributed by atoms with van der Waals surface area (Å²) in [5.74, 6) is -1.98. The van der Waals surface area contributed by atoms with Crippen LogP contribution in [0.5, 0.6) is 11.5 Å². The fourth-order valence-electron chi connectivity index (χ4n) is 2.43. The zero-order valence-electron chi connectivity index (χ0n) is 13.7. The summed E-state index contributed by atoms with van der Waals surface area (Å²) in [5.41, 5.74) is -0.503. The van der Waals surface area contributed by atoms with Gasteiger partial charge in [-0.15, -0.1) is 11.3 Å². The molecule has 0 spiro atoms. The normalized spacial score (nSPS) is 11.6. The maximum atomic E-state index is 14.1. The molecule has 3 nitrogen and oxygen atoms in total. The predicted molar refractivity (Wildman–Crippen MR) is 94.0 cm³/mol. The quantitative estimate of drug-likeness (QED) is 0.372. The smallest absolute Gasteiger partial charge is 0.416 e. The van der Waals surface area contributed by atoms with Crippen LogP contribution in [0.15, 0.2) is 35.7 Å². The van der Waals surface area contributed by atoms with Gasteiger partial charge in [0.05, 0.1) is 24.1 Å². The van der Waals surface area contributed by atoms with E-state index in [1.54, 1.807) is 17.5 Å². The Hall–Kier alpha value is -2.32. The molecule has 0 unspecified atom stereocenters. The van der Waals surface area contributed by atoms with Crippen LogP contribution in [0.3, 0.4) is 0 Å². The minimum absolute atomic E-state index is 0.0509. The lowest BCUT2D eigenvalue weighted by Crippen LogP contribution is -2.06. The molecule has 1 aromatic heterocycles. The average molecular weight is 419 g/mol. The van der Waals surface area contributed by atoms with Crippen LogP contribution < -0.4 is 4.74 Å². The number of halogens is 5. The van der Waals surface area contributed by atoms with E-state index in [-0.39, 0.29) is 12.2 Å². The molecule has 27 heavy (non-hydrogen) atoms. The van der Waals surface area contributed by atoms with Gasteiger partial charge in [-0.25, -0.2) is 4.39 Å². The number of thiophene rings is 1. The first-order valence-electron chi connectivity index (χ1n) is 7.50. The molecule has 3 rings (SSSR count). The highest BCUT2D eigenvalue weighted by Gasteiger charge is 2.32. The number of hydrogen-bond donors (Lipinski definition) is 0. The first-order valence-corrected chi connectivity index (χ1v) is 8.76. The summed E-state index contributed by atoms with van der Waals surface area (Å²) in [6.07, 6.45) is -4.67. The van der Waals surface area contributed by atoms with Gasteiger partial charge in [-0.1, -0.05) is 11.6 Å². The average Bonchev–Trinajstić information content (AvgIpc) is 2.99. The molecule has 1 heterocycles. The van der Waals surface area contributed by atoms with E-state index in [4.69, 9.17) is 16.3 Å². The number of methoxy groups -OCH3 is 1. The Labute approximate surface area is 160 Å². The monoisotopic (exact) mass is 418 g/mol. The van der Waals surface area contributed by atoms with E-state index in [0.29, 0.717) is 23.1 Å². The molecule has 0 aliphatic heterocycles. The van der Waals surface area contributed by atoms with Crippen LogP contribution in [0.1, 0.15) is 11.1 Å². The third-order valence-electron chi connectivity index (χ3n) is 3.73. The number of ether oxygens (including phenoxy) is 2. The van der Waals surface area contributed by atoms with Crippen molar-refractivity contribution in [3.8, 4) is 11.5 Å². The van der Waals surface area contributed by atoms with Crippen molar-refractivity contribution in [2.75, 3.05) is 7.11 Å². The van der Waals surface area contributed by atoms with Crippen molar-refractivity contribution in [3.63, 3.8) is 0 Å². The molecule has 0 atom stereocenters. The summed E-state index contributed by atoms with van der Waals surface area (Å²) >= 11 is 7.19. The molecule has 0 saturated carbocycles. The van der Waals surface area contributed by atoms with E-state index in [9.17, 15) is 22.4 Å². The van der Waals surface area contributed by atoms with Crippen LogP contribution in [0.4, 0.5) is 17.6 Å². The molecule has 0 amide bonds. The van der Waals surface area contributed by atoms with E-state index >= 15 is 0 Å². The van der Waals surface area contributed by atoms with Gasteiger partial charge < -0.3 is 9.47 Å². The minimum atomic E-state index is -4.72. The molecule has 0 N–H and O–H groups in total. The molecular weight excluding hydrogens is 408 g/mol. The largest absolute Gasteiger partial charge is 0.469 e. The molecule has 0 fully saturated rings. The summed E-state index contributed by atoms with van der Waals surface area (Å²) in [7, 11) is 1.28. The van der Waals surface area contributed by atoms with Crippen LogP contribution in [0.25, 0.3) is 10.1 Å². The van der Waals surface area contributed by atoms with Gasteiger partial charge in [-0.2, -0.15) is 13.2 Å². The van der Waals surface area contributed by atoms with Crippen LogP contribution in [0.2, 0.25) is 5.02 Å². The van der Waals surface area contributed by atoms with Crippen molar-refractivity contribution in [1.29, 1.82) is 0 Å². The maximum Gasteiger partial charge on any atom is 0.416 e. The molecule has 0 bridgehead atoms. The van der Waals surface area contributed by atoms with Gasteiger partial charge in [0.1, 0.15) is 5.75 Å². The Morgan fingerprint density at radius 3 is 2.59 bits per heavy atom. The number of rotatable bonds is 4. The van der Waals surface area contributed by atoms with Gasteiger partial charge in [-0.3, -0.25) is 4.79 Å². The van der Waals surface area contributed by atoms with E-state index in [0.717, 1.165) is 4.70 Å². The van der Waals surface area contributed by atoms with Crippen LogP contribution in [-0.2, 0) is 22.1 Å². The fourth-order valence-corrected chi connectivity index (χ4v) is 3.62. The van der Waals surface area contributed by atoms with Crippen LogP contribution in [0, 0.1) is 5.82 Å². The van der Waals surface area contributed by atoms with Gasteiger partial charge >= 0.3 is 12.1 Å². The Bertz CT molecular complexity index is 990. The summed E-state index contributed by atoms with van der Waals surface area (Å²) in [5, 5.41) is 1.99. The molecule has 0 radical (unpaired) electrons. The molecule has 0 aliphatic rings. The summed E-state index contributed by atoms with van der Waals surface area (Å²) < 4.78 is 63.2. The molecule has 142 valence electrons. The third-order valence-corrected chi connectivity index (χ3v) is 5.03. The number of hydrogen-bond acceptors (Lipinski definition) is 4. The number of carbonyl (C=O) groups is 1. The fraction of sp³-hybridized carbons (Fsp3) is 0.167. The lowest BCUT2D eigenvalue weighted by molar-refractivity contribution is -0.140. The van der Waals surface area contributed by atoms with Crippen LogP contribution >= 0.6 is 22.9 Å². The Balaban J connectivity index is 1.95. The topological polar surface area (TPSA) is 35.5 Å². The van der Waals surface area contributed by atoms with Crippen molar-refractivity contribution in [2.24, 2.45) is 0 Å². The maximum absolute atomic E-state index is 14.1. The number of carbonyl (C=O) groups excluding carboxylic acids is 1. The summed E-state index contributed by atoms with van der Waals surface area (Å²) in [6.45, 7) is 0. The van der Waals surface area contributed by atoms with E-state index < -0.39 is 34.3 Å². The van der Waals surface area contributed by atoms with E-state index in [1.165, 1.54) is 24.5 Å². The Morgan fingerprint density at radius 2 is 1.96 bits per heavy atom. The SMILES string of the molecule is COC(=O)Cc1csc2ccc(Oc3c(F)cc(C(F)(F)F)cc3Cl)cc12. The van der Waals surface area contributed by atoms with Crippen molar-refractivity contribution in [1.82, 2.24) is 0 Å². The minimum Gasteiger partial charge on any atom is -0.469 e. The van der Waals surface area contributed by atoms with Crippen LogP contribution in [-0.4, -0.2) is 13.1 Å². The number of esters is 1. The van der Waals surface area contributed by atoms with Crippen molar-refractivity contribution >= 4 is 39.0 Å². The Kier molecular flexibility index (Phi) is 5.30. The van der Waals surface area contributed by atoms with Gasteiger partial charge in [0.25, 0.3) is 0 Å². The van der Waals surface area contributed by atoms with Gasteiger partial charge in [0.15, 0.2) is 11.6 Å². The summed E-state index contributed by atoms with van der Waals surface area (Å²) in [6, 6.07) is 5.73. The second-order valence-corrected chi connectivity index (χ2v) is 6.86.